The van der Waals surface area contributed by atoms with Crippen LogP contribution in [0, 0.1) is 6.92 Å². The molecular weight excluding hydrogens is 428 g/mol. The van der Waals surface area contributed by atoms with Crippen molar-refractivity contribution in [3.8, 4) is 5.69 Å². The van der Waals surface area contributed by atoms with Gasteiger partial charge in [0.1, 0.15) is 0 Å². The summed E-state index contributed by atoms with van der Waals surface area (Å²) in [7, 11) is 0. The lowest BCUT2D eigenvalue weighted by Gasteiger charge is -2.28. The Morgan fingerprint density at radius 2 is 1.84 bits per heavy atom. The third kappa shape index (κ3) is 4.62. The normalized spacial score (nSPS) is 12.9. The Labute approximate surface area is 191 Å². The molecule has 0 fully saturated rings. The molecule has 0 spiro atoms. The third-order valence-corrected chi connectivity index (χ3v) is 5.70. The van der Waals surface area contributed by atoms with E-state index in [9.17, 15) is 9.59 Å². The number of nitrogens with one attached hydrogen (secondary N) is 1. The minimum absolute atomic E-state index is 0.191. The lowest BCUT2D eigenvalue weighted by Crippen LogP contribution is -2.42. The van der Waals surface area contributed by atoms with E-state index in [0.29, 0.717) is 31.1 Å². The highest BCUT2D eigenvalue weighted by Crippen LogP contribution is 2.26. The molecule has 0 saturated carbocycles. The van der Waals surface area contributed by atoms with E-state index in [1.54, 1.807) is 28.6 Å². The SMILES string of the molecule is CCOC(=O)c1nn(-c2ccc(C)cc2)c2c1CN(C(=O)NCc1ccc(Cl)cc1)CC2. The Hall–Kier alpha value is -3.32. The summed E-state index contributed by atoms with van der Waals surface area (Å²) in [6.07, 6.45) is 0.587. The number of carbonyl (C=O) groups excluding carboxylic acids is 2. The minimum atomic E-state index is -0.474. The molecule has 2 amide bonds. The van der Waals surface area contributed by atoms with Crippen LogP contribution in [0.15, 0.2) is 48.5 Å². The molecule has 1 N–H and O–H groups in total. The van der Waals surface area contributed by atoms with Crippen molar-refractivity contribution in [3.63, 3.8) is 0 Å². The average Bonchev–Trinajstić information content (AvgIpc) is 3.18. The highest BCUT2D eigenvalue weighted by atomic mass is 35.5. The van der Waals surface area contributed by atoms with Gasteiger partial charge in [0.05, 0.1) is 24.5 Å². The van der Waals surface area contributed by atoms with Crippen LogP contribution in [-0.4, -0.2) is 39.8 Å². The van der Waals surface area contributed by atoms with Crippen molar-refractivity contribution < 1.29 is 14.3 Å². The summed E-state index contributed by atoms with van der Waals surface area (Å²) >= 11 is 5.92. The number of urea groups is 1. The summed E-state index contributed by atoms with van der Waals surface area (Å²) < 4.78 is 7.02. The molecule has 0 atom stereocenters. The summed E-state index contributed by atoms with van der Waals surface area (Å²) in [6.45, 7) is 5.26. The molecule has 32 heavy (non-hydrogen) atoms. The van der Waals surface area contributed by atoms with Crippen LogP contribution in [0.25, 0.3) is 5.69 Å². The maximum atomic E-state index is 12.8. The number of carbonyl (C=O) groups is 2. The van der Waals surface area contributed by atoms with Crippen molar-refractivity contribution in [3.05, 3.63) is 81.6 Å². The second kappa shape index (κ2) is 9.44. The van der Waals surface area contributed by atoms with Gasteiger partial charge in [-0.2, -0.15) is 5.10 Å². The number of aryl methyl sites for hydroxylation is 1. The fourth-order valence-corrected chi connectivity index (χ4v) is 3.87. The molecule has 1 aliphatic heterocycles. The molecule has 0 saturated heterocycles. The number of hydrogen-bond donors (Lipinski definition) is 1. The van der Waals surface area contributed by atoms with Crippen LogP contribution >= 0.6 is 11.6 Å². The molecule has 0 bridgehead atoms. The van der Waals surface area contributed by atoms with E-state index in [1.165, 1.54) is 0 Å². The van der Waals surface area contributed by atoms with Gasteiger partial charge < -0.3 is 15.0 Å². The van der Waals surface area contributed by atoms with E-state index in [1.807, 2.05) is 43.3 Å². The Balaban J connectivity index is 1.56. The largest absolute Gasteiger partial charge is 0.461 e. The summed E-state index contributed by atoms with van der Waals surface area (Å²) in [5.41, 5.74) is 4.90. The van der Waals surface area contributed by atoms with Gasteiger partial charge in [-0.25, -0.2) is 14.3 Å². The molecule has 1 aliphatic rings. The Morgan fingerprint density at radius 1 is 1.12 bits per heavy atom. The van der Waals surface area contributed by atoms with Crippen LogP contribution in [0.1, 0.15) is 39.8 Å². The second-order valence-electron chi connectivity index (χ2n) is 7.70. The molecule has 2 aromatic carbocycles. The van der Waals surface area contributed by atoms with Crippen LogP contribution < -0.4 is 5.32 Å². The minimum Gasteiger partial charge on any atom is -0.461 e. The highest BCUT2D eigenvalue weighted by molar-refractivity contribution is 6.30. The van der Waals surface area contributed by atoms with Gasteiger partial charge in [0.15, 0.2) is 5.69 Å². The van der Waals surface area contributed by atoms with Crippen molar-refractivity contribution in [2.75, 3.05) is 13.2 Å². The number of benzene rings is 2. The number of hydrogen-bond acceptors (Lipinski definition) is 4. The number of halogens is 1. The maximum Gasteiger partial charge on any atom is 0.359 e. The predicted octanol–water partition coefficient (Wildman–Crippen LogP) is 4.28. The van der Waals surface area contributed by atoms with Crippen molar-refractivity contribution in [2.24, 2.45) is 0 Å². The van der Waals surface area contributed by atoms with Gasteiger partial charge in [0, 0.05) is 30.1 Å². The molecule has 0 aliphatic carbocycles. The molecule has 1 aromatic heterocycles. The van der Waals surface area contributed by atoms with E-state index < -0.39 is 5.97 Å². The van der Waals surface area contributed by atoms with E-state index >= 15 is 0 Å². The van der Waals surface area contributed by atoms with E-state index in [2.05, 4.69) is 10.4 Å². The lowest BCUT2D eigenvalue weighted by atomic mass is 10.0. The molecule has 7 nitrogen and oxygen atoms in total. The van der Waals surface area contributed by atoms with Crippen molar-refractivity contribution >= 4 is 23.6 Å². The third-order valence-electron chi connectivity index (χ3n) is 5.45. The van der Waals surface area contributed by atoms with Crippen LogP contribution in [0.2, 0.25) is 5.02 Å². The predicted molar refractivity (Wildman–Crippen MR) is 122 cm³/mol. The molecule has 2 heterocycles. The molecule has 0 radical (unpaired) electrons. The van der Waals surface area contributed by atoms with Crippen molar-refractivity contribution in [1.29, 1.82) is 0 Å². The van der Waals surface area contributed by atoms with Gasteiger partial charge in [0.25, 0.3) is 0 Å². The Morgan fingerprint density at radius 3 is 2.53 bits per heavy atom. The number of aromatic nitrogens is 2. The first-order valence-corrected chi connectivity index (χ1v) is 11.0. The zero-order valence-electron chi connectivity index (χ0n) is 18.1. The van der Waals surface area contributed by atoms with E-state index in [0.717, 1.165) is 28.1 Å². The maximum absolute atomic E-state index is 12.8. The number of rotatable bonds is 5. The Bertz CT molecular complexity index is 1120. The van der Waals surface area contributed by atoms with Gasteiger partial charge in [-0.3, -0.25) is 0 Å². The van der Waals surface area contributed by atoms with Gasteiger partial charge in [-0.15, -0.1) is 0 Å². The quantitative estimate of drug-likeness (QED) is 0.586. The number of ether oxygens (including phenoxy) is 1. The lowest BCUT2D eigenvalue weighted by molar-refractivity contribution is 0.0516. The van der Waals surface area contributed by atoms with Crippen molar-refractivity contribution in [2.45, 2.75) is 33.4 Å². The van der Waals surface area contributed by atoms with Gasteiger partial charge in [0.2, 0.25) is 0 Å². The second-order valence-corrected chi connectivity index (χ2v) is 8.13. The summed E-state index contributed by atoms with van der Waals surface area (Å²) in [6, 6.07) is 15.1. The van der Waals surface area contributed by atoms with Crippen molar-refractivity contribution in [1.82, 2.24) is 20.0 Å². The topological polar surface area (TPSA) is 76.5 Å². The monoisotopic (exact) mass is 452 g/mol. The van der Waals surface area contributed by atoms with Gasteiger partial charge >= 0.3 is 12.0 Å². The Kier molecular flexibility index (Phi) is 6.46. The first-order valence-electron chi connectivity index (χ1n) is 10.6. The average molecular weight is 453 g/mol. The zero-order valence-corrected chi connectivity index (χ0v) is 18.9. The summed E-state index contributed by atoms with van der Waals surface area (Å²) in [5.74, 6) is -0.474. The van der Waals surface area contributed by atoms with Crippen LogP contribution in [-0.2, 0) is 24.2 Å². The fraction of sp³-hybridized carbons (Fsp3) is 0.292. The van der Waals surface area contributed by atoms with E-state index in [-0.39, 0.29) is 18.3 Å². The molecule has 166 valence electrons. The molecule has 3 aromatic rings. The van der Waals surface area contributed by atoms with E-state index in [4.69, 9.17) is 16.3 Å². The van der Waals surface area contributed by atoms with Crippen LogP contribution in [0.4, 0.5) is 4.79 Å². The molecule has 0 unspecified atom stereocenters. The smallest absolute Gasteiger partial charge is 0.359 e. The standard InChI is InChI=1S/C24H25ClN4O3/c1-3-32-23(30)22-20-15-28(24(31)26-14-17-6-8-18(25)9-7-17)13-12-21(20)29(27-22)19-10-4-16(2)5-11-19/h4-11H,3,12-15H2,1-2H3,(H,26,31). The fourth-order valence-electron chi connectivity index (χ4n) is 3.75. The van der Waals surface area contributed by atoms with Crippen LogP contribution in [0.5, 0.6) is 0 Å². The number of nitrogens with zero attached hydrogens (tertiary/aromatic N) is 3. The zero-order chi connectivity index (χ0) is 22.7. The summed E-state index contributed by atoms with van der Waals surface area (Å²) in [5, 5.41) is 8.17. The van der Waals surface area contributed by atoms with Gasteiger partial charge in [-0.05, 0) is 43.7 Å². The summed E-state index contributed by atoms with van der Waals surface area (Å²) in [4.78, 5) is 27.1. The number of amides is 2. The first kappa shape index (κ1) is 21.9. The molecule has 4 rings (SSSR count). The highest BCUT2D eigenvalue weighted by Gasteiger charge is 2.31. The molecule has 8 heteroatoms. The van der Waals surface area contributed by atoms with Gasteiger partial charge in [-0.1, -0.05) is 41.4 Å². The number of esters is 1. The first-order chi connectivity index (χ1) is 15.5. The molecular formula is C24H25ClN4O3. The number of fused-ring (bicyclic) bond motifs is 1. The van der Waals surface area contributed by atoms with Crippen LogP contribution in [0.3, 0.4) is 0 Å².